The summed E-state index contributed by atoms with van der Waals surface area (Å²) in [6.07, 6.45) is 9.29. The molecule has 2 nitrogen and oxygen atoms in total. The van der Waals surface area contributed by atoms with Gasteiger partial charge in [0.15, 0.2) is 0 Å². The van der Waals surface area contributed by atoms with Crippen LogP contribution in [0.15, 0.2) is 146 Å². The number of hydrogen-bond donors (Lipinski definition) is 0. The highest BCUT2D eigenvalue weighted by Gasteiger charge is 2.15. The Kier molecular flexibility index (Phi) is 7.56. The van der Waals surface area contributed by atoms with Crippen LogP contribution in [-0.2, 0) is 12.8 Å². The van der Waals surface area contributed by atoms with Crippen LogP contribution in [0.3, 0.4) is 0 Å². The molecule has 0 atom stereocenters. The molecule has 0 aliphatic carbocycles. The summed E-state index contributed by atoms with van der Waals surface area (Å²) < 4.78 is 0. The number of benzene rings is 6. The first-order chi connectivity index (χ1) is 21.8. The monoisotopic (exact) mass is 566 g/mol. The zero-order valence-corrected chi connectivity index (χ0v) is 25.2. The average molecular weight is 567 g/mol. The molecule has 0 saturated carbocycles. The van der Waals surface area contributed by atoms with Crippen LogP contribution >= 0.6 is 0 Å². The summed E-state index contributed by atoms with van der Waals surface area (Å²) in [6, 6.07) is 44.6. The summed E-state index contributed by atoms with van der Waals surface area (Å²) >= 11 is 0. The predicted octanol–water partition coefficient (Wildman–Crippen LogP) is 10.9. The highest BCUT2D eigenvalue weighted by Crippen LogP contribution is 2.42. The maximum atomic E-state index is 4.26. The lowest BCUT2D eigenvalue weighted by Gasteiger charge is -2.17. The van der Waals surface area contributed by atoms with Crippen molar-refractivity contribution >= 4 is 32.3 Å². The number of rotatable bonds is 6. The van der Waals surface area contributed by atoms with Gasteiger partial charge in [-0.25, -0.2) is 0 Å². The van der Waals surface area contributed by atoms with E-state index < -0.39 is 0 Å². The van der Waals surface area contributed by atoms with E-state index in [0.29, 0.717) is 0 Å². The Labute approximate surface area is 259 Å². The van der Waals surface area contributed by atoms with Gasteiger partial charge in [0.05, 0.1) is 0 Å². The molecule has 0 saturated heterocycles. The highest BCUT2D eigenvalue weighted by atomic mass is 14.6. The molecule has 212 valence electrons. The molecule has 2 heterocycles. The standard InChI is InChI=1S/C40H28N2.C2H6/c1-2-30(26-42-21-1)25-28-5-9-32(10-6-28)36-16-12-34-13-17-37-35(15-11-33-14-18-38(36)40(34)39(33)37)31-7-3-27(4-8-31)24-29-19-22-41-23-20-29;1-2/h1-23,26H,24-25H2;1-2H3. The molecule has 44 heavy (non-hydrogen) atoms. The van der Waals surface area contributed by atoms with E-state index >= 15 is 0 Å². The van der Waals surface area contributed by atoms with E-state index in [9.17, 15) is 0 Å². The van der Waals surface area contributed by atoms with Crippen molar-refractivity contribution in [3.05, 3.63) is 168 Å². The second-order valence-corrected chi connectivity index (χ2v) is 11.1. The Balaban J connectivity index is 0.00000153. The summed E-state index contributed by atoms with van der Waals surface area (Å²) in [4.78, 5) is 8.41. The smallest absolute Gasteiger partial charge is 0.0303 e. The molecule has 0 bridgehead atoms. The molecular weight excluding hydrogens is 532 g/mol. The zero-order chi connectivity index (χ0) is 29.9. The Morgan fingerprint density at radius 1 is 0.409 bits per heavy atom. The SMILES string of the molecule is CC.c1cncc(Cc2ccc(-c3ccc4ccc5c(-c6ccc(Cc7ccncc7)cc6)ccc6ccc3c4c65)cc2)c1. The molecule has 8 aromatic rings. The molecule has 6 aromatic carbocycles. The summed E-state index contributed by atoms with van der Waals surface area (Å²) in [5.74, 6) is 0. The van der Waals surface area contributed by atoms with Crippen LogP contribution in [0.25, 0.3) is 54.6 Å². The van der Waals surface area contributed by atoms with E-state index in [1.54, 1.807) is 0 Å². The van der Waals surface area contributed by atoms with E-state index in [2.05, 4.69) is 125 Å². The fourth-order valence-electron chi connectivity index (χ4n) is 6.38. The van der Waals surface area contributed by atoms with E-state index in [1.165, 1.54) is 76.8 Å². The highest BCUT2D eigenvalue weighted by molar-refractivity contribution is 6.27. The first-order valence-corrected chi connectivity index (χ1v) is 15.5. The Bertz CT molecular complexity index is 1990. The summed E-state index contributed by atoms with van der Waals surface area (Å²) in [5, 5.41) is 7.86. The van der Waals surface area contributed by atoms with Gasteiger partial charge < -0.3 is 0 Å². The van der Waals surface area contributed by atoms with Gasteiger partial charge in [0.25, 0.3) is 0 Å². The molecule has 0 aliphatic rings. The van der Waals surface area contributed by atoms with Crippen molar-refractivity contribution in [3.63, 3.8) is 0 Å². The lowest BCUT2D eigenvalue weighted by molar-refractivity contribution is 1.15. The van der Waals surface area contributed by atoms with Crippen LogP contribution in [0.2, 0.25) is 0 Å². The van der Waals surface area contributed by atoms with Gasteiger partial charge in [0, 0.05) is 24.8 Å². The molecule has 0 radical (unpaired) electrons. The number of pyridine rings is 2. The zero-order valence-electron chi connectivity index (χ0n) is 25.2. The molecule has 0 spiro atoms. The molecule has 0 fully saturated rings. The Hall–Kier alpha value is -5.34. The number of hydrogen-bond acceptors (Lipinski definition) is 2. The molecule has 0 aliphatic heterocycles. The van der Waals surface area contributed by atoms with Crippen LogP contribution < -0.4 is 0 Å². The minimum absolute atomic E-state index is 0.889. The number of nitrogens with zero attached hydrogens (tertiary/aromatic N) is 2. The van der Waals surface area contributed by atoms with Crippen LogP contribution in [0.1, 0.15) is 36.1 Å². The molecule has 0 N–H and O–H groups in total. The van der Waals surface area contributed by atoms with Crippen molar-refractivity contribution in [2.24, 2.45) is 0 Å². The maximum Gasteiger partial charge on any atom is 0.0303 e. The molecule has 8 rings (SSSR count). The van der Waals surface area contributed by atoms with Crippen LogP contribution in [0.4, 0.5) is 0 Å². The van der Waals surface area contributed by atoms with E-state index in [1.807, 2.05) is 44.7 Å². The van der Waals surface area contributed by atoms with Gasteiger partial charge in [-0.2, -0.15) is 0 Å². The quantitative estimate of drug-likeness (QED) is 0.187. The van der Waals surface area contributed by atoms with Gasteiger partial charge in [0.2, 0.25) is 0 Å². The first kappa shape index (κ1) is 27.5. The topological polar surface area (TPSA) is 25.8 Å². The fourth-order valence-corrected chi connectivity index (χ4v) is 6.38. The Morgan fingerprint density at radius 2 is 0.886 bits per heavy atom. The van der Waals surface area contributed by atoms with Gasteiger partial charge in [0.1, 0.15) is 0 Å². The van der Waals surface area contributed by atoms with Crippen molar-refractivity contribution < 1.29 is 0 Å². The summed E-state index contributed by atoms with van der Waals surface area (Å²) in [6.45, 7) is 4.00. The van der Waals surface area contributed by atoms with Crippen LogP contribution in [0.5, 0.6) is 0 Å². The third kappa shape index (κ3) is 5.20. The van der Waals surface area contributed by atoms with Crippen LogP contribution in [-0.4, -0.2) is 9.97 Å². The Morgan fingerprint density at radius 3 is 1.39 bits per heavy atom. The number of aromatic nitrogens is 2. The predicted molar refractivity (Wildman–Crippen MR) is 186 cm³/mol. The maximum absolute atomic E-state index is 4.26. The molecular formula is C42H34N2. The normalized spacial score (nSPS) is 11.1. The molecule has 0 amide bonds. The van der Waals surface area contributed by atoms with Crippen molar-refractivity contribution in [2.45, 2.75) is 26.7 Å². The van der Waals surface area contributed by atoms with E-state index in [-0.39, 0.29) is 0 Å². The molecule has 2 aromatic heterocycles. The minimum Gasteiger partial charge on any atom is -0.265 e. The molecule has 2 heteroatoms. The second kappa shape index (κ2) is 12.1. The van der Waals surface area contributed by atoms with Gasteiger partial charge in [-0.15, -0.1) is 0 Å². The van der Waals surface area contributed by atoms with Crippen molar-refractivity contribution in [1.29, 1.82) is 0 Å². The van der Waals surface area contributed by atoms with Crippen molar-refractivity contribution in [1.82, 2.24) is 9.97 Å². The van der Waals surface area contributed by atoms with Gasteiger partial charge in [-0.05, 0) is 108 Å². The fraction of sp³-hybridized carbons (Fsp3) is 0.0952. The van der Waals surface area contributed by atoms with Gasteiger partial charge in [-0.3, -0.25) is 9.97 Å². The molecule has 0 unspecified atom stereocenters. The lowest BCUT2D eigenvalue weighted by Crippen LogP contribution is -1.91. The lowest BCUT2D eigenvalue weighted by atomic mass is 9.87. The first-order valence-electron chi connectivity index (χ1n) is 15.5. The van der Waals surface area contributed by atoms with Crippen LogP contribution in [0, 0.1) is 0 Å². The van der Waals surface area contributed by atoms with E-state index in [4.69, 9.17) is 0 Å². The third-order valence-corrected chi connectivity index (χ3v) is 8.48. The minimum atomic E-state index is 0.889. The van der Waals surface area contributed by atoms with E-state index in [0.717, 1.165) is 12.8 Å². The van der Waals surface area contributed by atoms with Gasteiger partial charge >= 0.3 is 0 Å². The summed E-state index contributed by atoms with van der Waals surface area (Å²) in [7, 11) is 0. The van der Waals surface area contributed by atoms with Crippen molar-refractivity contribution in [3.8, 4) is 22.3 Å². The third-order valence-electron chi connectivity index (χ3n) is 8.48. The van der Waals surface area contributed by atoms with Gasteiger partial charge in [-0.1, -0.05) is 117 Å². The van der Waals surface area contributed by atoms with Crippen molar-refractivity contribution in [2.75, 3.05) is 0 Å². The average Bonchev–Trinajstić information content (AvgIpc) is 3.10. The largest absolute Gasteiger partial charge is 0.265 e. The second-order valence-electron chi connectivity index (χ2n) is 11.1. The summed E-state index contributed by atoms with van der Waals surface area (Å²) in [5.41, 5.74) is 10.1.